The highest BCUT2D eigenvalue weighted by Gasteiger charge is 2.26. The first kappa shape index (κ1) is 22.2. The average Bonchev–Trinajstić information content (AvgIpc) is 2.69. The lowest BCUT2D eigenvalue weighted by molar-refractivity contribution is 0.175. The fourth-order valence-electron chi connectivity index (χ4n) is 2.84. The normalized spacial score (nSPS) is 14.6. The van der Waals surface area contributed by atoms with E-state index in [1.807, 2.05) is 13.8 Å². The van der Waals surface area contributed by atoms with E-state index in [9.17, 15) is 18.3 Å². The van der Waals surface area contributed by atoms with Gasteiger partial charge < -0.3 is 26.2 Å². The average molecular weight is 448 g/mol. The van der Waals surface area contributed by atoms with Crippen LogP contribution in [0.2, 0.25) is 0 Å². The lowest BCUT2D eigenvalue weighted by Crippen LogP contribution is -2.42. The van der Waals surface area contributed by atoms with Gasteiger partial charge in [0.2, 0.25) is 0 Å². The number of carbonyl (C=O) groups excluding carboxylic acids is 1. The number of urea groups is 1. The van der Waals surface area contributed by atoms with Crippen LogP contribution in [-0.4, -0.2) is 38.5 Å². The maximum Gasteiger partial charge on any atom is 0.344 e. The molecule has 0 aromatic heterocycles. The molecule has 1 heterocycles. The van der Waals surface area contributed by atoms with Gasteiger partial charge in [0.1, 0.15) is 11.5 Å². The standard InChI is InChI=1S/C20H25N5O5S/c1-20(2,11-23-19(27)22-10-13-6-8-14(26)9-7-13)12-30-16-5-3-4-15-17(16)18(21)25-31(28,29)24-15/h3-9,24,26H,10-12H2,1-2H3,(H2,21,25)(H2,22,23,27). The Morgan fingerprint density at radius 1 is 1.19 bits per heavy atom. The van der Waals surface area contributed by atoms with Gasteiger partial charge in [-0.3, -0.25) is 4.72 Å². The molecule has 0 unspecified atom stereocenters. The maximum atomic E-state index is 12.1. The number of nitrogens with one attached hydrogen (secondary N) is 3. The van der Waals surface area contributed by atoms with Crippen LogP contribution in [-0.2, 0) is 16.8 Å². The third kappa shape index (κ3) is 6.01. The number of phenols is 1. The van der Waals surface area contributed by atoms with Gasteiger partial charge >= 0.3 is 16.2 Å². The summed E-state index contributed by atoms with van der Waals surface area (Å²) in [6, 6.07) is 11.1. The minimum atomic E-state index is -3.86. The van der Waals surface area contributed by atoms with Crippen molar-refractivity contribution in [3.05, 3.63) is 53.6 Å². The molecule has 2 aromatic rings. The summed E-state index contributed by atoms with van der Waals surface area (Å²) in [7, 11) is -3.86. The van der Waals surface area contributed by atoms with E-state index < -0.39 is 15.6 Å². The molecule has 0 radical (unpaired) electrons. The van der Waals surface area contributed by atoms with E-state index in [1.165, 1.54) is 0 Å². The Bertz CT molecular complexity index is 1100. The number of rotatable bonds is 7. The van der Waals surface area contributed by atoms with Gasteiger partial charge in [0.25, 0.3) is 0 Å². The van der Waals surface area contributed by atoms with Crippen LogP contribution in [0.5, 0.6) is 11.5 Å². The number of fused-ring (bicyclic) bond motifs is 1. The Morgan fingerprint density at radius 3 is 2.61 bits per heavy atom. The summed E-state index contributed by atoms with van der Waals surface area (Å²) in [5.41, 5.74) is 6.93. The van der Waals surface area contributed by atoms with Crippen LogP contribution < -0.4 is 25.8 Å². The SMILES string of the molecule is CC(C)(CNC(=O)NCc1ccc(O)cc1)COc1cccc2c1C(N)=NS(=O)(=O)N2. The Hall–Kier alpha value is -3.47. The summed E-state index contributed by atoms with van der Waals surface area (Å²) >= 11 is 0. The molecule has 0 aliphatic carbocycles. The van der Waals surface area contributed by atoms with Gasteiger partial charge in [-0.25, -0.2) is 4.79 Å². The number of ether oxygens (including phenoxy) is 1. The fourth-order valence-corrected chi connectivity index (χ4v) is 3.68. The molecule has 31 heavy (non-hydrogen) atoms. The number of hydrogen-bond donors (Lipinski definition) is 5. The zero-order chi connectivity index (χ0) is 22.6. The van der Waals surface area contributed by atoms with Crippen molar-refractivity contribution in [2.45, 2.75) is 20.4 Å². The van der Waals surface area contributed by atoms with Gasteiger partial charge in [0.15, 0.2) is 5.84 Å². The zero-order valence-corrected chi connectivity index (χ0v) is 18.0. The molecule has 0 saturated carbocycles. The summed E-state index contributed by atoms with van der Waals surface area (Å²) in [6.07, 6.45) is 0. The largest absolute Gasteiger partial charge is 0.508 e. The number of hydrogen-bond acceptors (Lipinski definition) is 6. The molecular weight excluding hydrogens is 422 g/mol. The molecule has 10 nitrogen and oxygen atoms in total. The first-order valence-electron chi connectivity index (χ1n) is 9.49. The second kappa shape index (κ2) is 8.72. The van der Waals surface area contributed by atoms with Crippen molar-refractivity contribution < 1.29 is 23.1 Å². The van der Waals surface area contributed by atoms with Crippen LogP contribution in [0.4, 0.5) is 10.5 Å². The smallest absolute Gasteiger partial charge is 0.344 e. The molecule has 2 aromatic carbocycles. The van der Waals surface area contributed by atoms with E-state index in [2.05, 4.69) is 19.8 Å². The van der Waals surface area contributed by atoms with Gasteiger partial charge in [0.05, 0.1) is 17.9 Å². The molecule has 2 amide bonds. The first-order valence-corrected chi connectivity index (χ1v) is 10.9. The second-order valence-corrected chi connectivity index (χ2v) is 9.22. The van der Waals surface area contributed by atoms with Crippen molar-refractivity contribution in [3.63, 3.8) is 0 Å². The van der Waals surface area contributed by atoms with Crippen molar-refractivity contribution >= 4 is 27.8 Å². The molecule has 1 aliphatic heterocycles. The predicted molar refractivity (Wildman–Crippen MR) is 117 cm³/mol. The molecule has 0 saturated heterocycles. The Morgan fingerprint density at radius 2 is 1.90 bits per heavy atom. The zero-order valence-electron chi connectivity index (χ0n) is 17.2. The molecular formula is C20H25N5O5S. The lowest BCUT2D eigenvalue weighted by atomic mass is 9.95. The van der Waals surface area contributed by atoms with E-state index in [4.69, 9.17) is 10.5 Å². The topological polar surface area (TPSA) is 155 Å². The summed E-state index contributed by atoms with van der Waals surface area (Å²) in [6.45, 7) is 4.74. The number of anilines is 1. The van der Waals surface area contributed by atoms with E-state index in [1.54, 1.807) is 42.5 Å². The number of nitrogens with two attached hydrogens (primary N) is 1. The number of nitrogens with zero attached hydrogens (tertiary/aromatic N) is 1. The second-order valence-electron chi connectivity index (χ2n) is 7.89. The summed E-state index contributed by atoms with van der Waals surface area (Å²) in [5.74, 6) is 0.417. The number of aromatic hydroxyl groups is 1. The van der Waals surface area contributed by atoms with Crippen LogP contribution in [0.15, 0.2) is 46.9 Å². The van der Waals surface area contributed by atoms with E-state index in [0.717, 1.165) is 5.56 Å². The Labute approximate surface area is 180 Å². The number of amides is 2. The molecule has 3 rings (SSSR count). The van der Waals surface area contributed by atoms with Crippen LogP contribution in [0.3, 0.4) is 0 Å². The van der Waals surface area contributed by atoms with Crippen LogP contribution in [0.25, 0.3) is 0 Å². The number of amidine groups is 1. The first-order chi connectivity index (χ1) is 14.5. The summed E-state index contributed by atoms with van der Waals surface area (Å²) < 4.78 is 35.0. The molecule has 6 N–H and O–H groups in total. The molecule has 0 bridgehead atoms. The quantitative estimate of drug-likeness (QED) is 0.435. The molecule has 0 spiro atoms. The van der Waals surface area contributed by atoms with E-state index in [0.29, 0.717) is 30.1 Å². The fraction of sp³-hybridized carbons (Fsp3) is 0.300. The molecule has 1 aliphatic rings. The highest BCUT2D eigenvalue weighted by molar-refractivity contribution is 7.91. The third-order valence-electron chi connectivity index (χ3n) is 4.48. The Kier molecular flexibility index (Phi) is 6.25. The maximum absolute atomic E-state index is 12.1. The van der Waals surface area contributed by atoms with Crippen molar-refractivity contribution in [1.82, 2.24) is 10.6 Å². The lowest BCUT2D eigenvalue weighted by Gasteiger charge is -2.26. The van der Waals surface area contributed by atoms with Crippen LogP contribution in [0.1, 0.15) is 25.0 Å². The van der Waals surface area contributed by atoms with E-state index in [-0.39, 0.29) is 24.2 Å². The van der Waals surface area contributed by atoms with Crippen LogP contribution in [0, 0.1) is 5.41 Å². The number of phenolic OH excluding ortho intramolecular Hbond substituents is 1. The van der Waals surface area contributed by atoms with Crippen LogP contribution >= 0.6 is 0 Å². The summed E-state index contributed by atoms with van der Waals surface area (Å²) in [5, 5.41) is 14.8. The van der Waals surface area contributed by atoms with Gasteiger partial charge in [-0.15, -0.1) is 4.40 Å². The van der Waals surface area contributed by atoms with Gasteiger partial charge in [-0.2, -0.15) is 8.42 Å². The molecule has 11 heteroatoms. The van der Waals surface area contributed by atoms with Crippen molar-refractivity contribution in [2.75, 3.05) is 17.9 Å². The summed E-state index contributed by atoms with van der Waals surface area (Å²) in [4.78, 5) is 12.1. The monoisotopic (exact) mass is 447 g/mol. The highest BCUT2D eigenvalue weighted by Crippen LogP contribution is 2.31. The van der Waals surface area contributed by atoms with E-state index >= 15 is 0 Å². The van der Waals surface area contributed by atoms with Crippen molar-refractivity contribution in [3.8, 4) is 11.5 Å². The van der Waals surface area contributed by atoms with Crippen molar-refractivity contribution in [1.29, 1.82) is 0 Å². The van der Waals surface area contributed by atoms with Gasteiger partial charge in [-0.1, -0.05) is 32.0 Å². The Balaban J connectivity index is 1.54. The number of benzene rings is 2. The van der Waals surface area contributed by atoms with Gasteiger partial charge in [-0.05, 0) is 29.8 Å². The minimum Gasteiger partial charge on any atom is -0.508 e. The number of carbonyl (C=O) groups is 1. The third-order valence-corrected chi connectivity index (χ3v) is 5.39. The van der Waals surface area contributed by atoms with Crippen molar-refractivity contribution in [2.24, 2.45) is 15.5 Å². The molecule has 0 atom stereocenters. The van der Waals surface area contributed by atoms with Gasteiger partial charge in [0, 0.05) is 18.5 Å². The predicted octanol–water partition coefficient (Wildman–Crippen LogP) is 1.67. The highest BCUT2D eigenvalue weighted by atomic mass is 32.2. The minimum absolute atomic E-state index is 0.145. The molecule has 0 fully saturated rings. The molecule has 166 valence electrons.